The summed E-state index contributed by atoms with van der Waals surface area (Å²) in [6, 6.07) is 29.1. The van der Waals surface area contributed by atoms with Crippen LogP contribution in [0.3, 0.4) is 0 Å². The number of amides is 2. The van der Waals surface area contributed by atoms with Crippen molar-refractivity contribution < 1.29 is 27.2 Å². The lowest BCUT2D eigenvalue weighted by molar-refractivity contribution is 0.0979. The average molecular weight is 555 g/mol. The molecule has 10 heteroatoms. The molecule has 0 fully saturated rings. The minimum absolute atomic E-state index is 0.176. The van der Waals surface area contributed by atoms with Crippen molar-refractivity contribution in [2.75, 3.05) is 5.32 Å². The number of benzene rings is 4. The largest absolute Gasteiger partial charge is 0.489 e. The number of hydrogen-bond acceptors (Lipinski definition) is 7. The van der Waals surface area contributed by atoms with Crippen LogP contribution in [-0.4, -0.2) is 20.2 Å². The maximum absolute atomic E-state index is 12.8. The van der Waals surface area contributed by atoms with Gasteiger partial charge in [-0.25, -0.2) is 17.9 Å². The van der Waals surface area contributed by atoms with Crippen LogP contribution in [0.15, 0.2) is 123 Å². The Bertz CT molecular complexity index is 1850. The van der Waals surface area contributed by atoms with Crippen molar-refractivity contribution in [1.82, 2.24) is 4.72 Å². The van der Waals surface area contributed by atoms with E-state index in [2.05, 4.69) is 5.32 Å². The van der Waals surface area contributed by atoms with Crippen molar-refractivity contribution in [2.45, 2.75) is 11.5 Å². The van der Waals surface area contributed by atoms with E-state index in [0.29, 0.717) is 17.7 Å². The zero-order chi connectivity index (χ0) is 28.1. The Kier molecular flexibility index (Phi) is 7.43. The van der Waals surface area contributed by atoms with Crippen molar-refractivity contribution >= 4 is 38.5 Å². The van der Waals surface area contributed by atoms with E-state index in [9.17, 15) is 22.8 Å². The topological polar surface area (TPSA) is 132 Å². The fourth-order valence-corrected chi connectivity index (χ4v) is 4.80. The molecule has 200 valence electrons. The van der Waals surface area contributed by atoms with Gasteiger partial charge in [0.05, 0.1) is 4.90 Å². The summed E-state index contributed by atoms with van der Waals surface area (Å²) in [6.07, 6.45) is 0. The highest BCUT2D eigenvalue weighted by atomic mass is 32.2. The Balaban J connectivity index is 1.26. The van der Waals surface area contributed by atoms with Gasteiger partial charge >= 0.3 is 5.63 Å². The normalized spacial score (nSPS) is 11.1. The van der Waals surface area contributed by atoms with E-state index in [1.54, 1.807) is 36.4 Å². The number of rotatable bonds is 8. The number of nitrogens with one attached hydrogen (secondary N) is 2. The minimum Gasteiger partial charge on any atom is -0.489 e. The first-order valence-corrected chi connectivity index (χ1v) is 13.5. The fourth-order valence-electron chi connectivity index (χ4n) is 3.83. The molecule has 1 heterocycles. The second-order valence-corrected chi connectivity index (χ2v) is 10.4. The van der Waals surface area contributed by atoms with Gasteiger partial charge in [0.25, 0.3) is 21.8 Å². The van der Waals surface area contributed by atoms with Gasteiger partial charge in [0, 0.05) is 22.7 Å². The van der Waals surface area contributed by atoms with Crippen LogP contribution in [0.2, 0.25) is 0 Å². The zero-order valence-electron chi connectivity index (χ0n) is 20.9. The van der Waals surface area contributed by atoms with Crippen LogP contribution in [0.25, 0.3) is 11.0 Å². The van der Waals surface area contributed by atoms with E-state index in [4.69, 9.17) is 9.15 Å². The number of ether oxygens (including phenoxy) is 1. The van der Waals surface area contributed by atoms with Crippen LogP contribution in [0.4, 0.5) is 5.69 Å². The van der Waals surface area contributed by atoms with Gasteiger partial charge in [-0.1, -0.05) is 48.5 Å². The molecule has 2 amide bonds. The van der Waals surface area contributed by atoms with Gasteiger partial charge in [-0.05, 0) is 60.2 Å². The number of anilines is 1. The first kappa shape index (κ1) is 26.4. The van der Waals surface area contributed by atoms with Crippen molar-refractivity contribution in [1.29, 1.82) is 0 Å². The summed E-state index contributed by atoms with van der Waals surface area (Å²) in [4.78, 5) is 37.5. The first-order valence-electron chi connectivity index (χ1n) is 12.1. The summed E-state index contributed by atoms with van der Waals surface area (Å²) in [5.74, 6) is -0.990. The molecule has 0 unspecified atom stereocenters. The number of fused-ring (bicyclic) bond motifs is 1. The van der Waals surface area contributed by atoms with E-state index < -0.39 is 27.5 Å². The van der Waals surface area contributed by atoms with Gasteiger partial charge in [-0.3, -0.25) is 9.59 Å². The summed E-state index contributed by atoms with van der Waals surface area (Å²) < 4.78 is 38.3. The SMILES string of the molecule is O=C(NS(=O)(=O)c1ccc(NC(=O)c2cc3ccc(OCc4ccccc4)cc3oc2=O)cc1)c1ccccc1. The second-order valence-electron chi connectivity index (χ2n) is 8.70. The van der Waals surface area contributed by atoms with Crippen molar-refractivity contribution in [3.05, 3.63) is 136 Å². The summed E-state index contributed by atoms with van der Waals surface area (Å²) >= 11 is 0. The monoisotopic (exact) mass is 554 g/mol. The molecule has 9 nitrogen and oxygen atoms in total. The smallest absolute Gasteiger partial charge is 0.349 e. The molecule has 5 rings (SSSR count). The van der Waals surface area contributed by atoms with Crippen molar-refractivity contribution in [2.24, 2.45) is 0 Å². The fraction of sp³-hybridized carbons (Fsp3) is 0.0333. The quantitative estimate of drug-likeness (QED) is 0.265. The molecule has 2 N–H and O–H groups in total. The first-order chi connectivity index (χ1) is 19.3. The van der Waals surface area contributed by atoms with E-state index in [-0.39, 0.29) is 27.3 Å². The summed E-state index contributed by atoms with van der Waals surface area (Å²) in [5, 5.41) is 3.07. The summed E-state index contributed by atoms with van der Waals surface area (Å²) in [5.41, 5.74) is 0.616. The van der Waals surface area contributed by atoms with Crippen LogP contribution < -0.4 is 20.4 Å². The van der Waals surface area contributed by atoms with Crippen molar-refractivity contribution in [3.8, 4) is 5.75 Å². The molecule has 0 saturated carbocycles. The molecule has 0 aliphatic heterocycles. The standard InChI is InChI=1S/C30H22N2O7S/c33-28(21-9-5-2-6-10-21)32-40(36,37)25-15-12-23(13-16-25)31-29(34)26-17-22-11-14-24(18-27(22)39-30(26)35)38-19-20-7-3-1-4-8-20/h1-18H,19H2,(H,31,34)(H,32,33). The predicted octanol–water partition coefficient (Wildman–Crippen LogP) is 4.74. The molecule has 40 heavy (non-hydrogen) atoms. The van der Waals surface area contributed by atoms with E-state index >= 15 is 0 Å². The molecular weight excluding hydrogens is 532 g/mol. The number of carbonyl (C=O) groups is 2. The van der Waals surface area contributed by atoms with Crippen LogP contribution >= 0.6 is 0 Å². The van der Waals surface area contributed by atoms with E-state index in [0.717, 1.165) is 5.56 Å². The maximum atomic E-state index is 12.8. The van der Waals surface area contributed by atoms with Gasteiger partial charge in [0.1, 0.15) is 23.5 Å². The molecule has 0 aliphatic carbocycles. The highest BCUT2D eigenvalue weighted by molar-refractivity contribution is 7.90. The Hall–Kier alpha value is -5.22. The Morgan fingerprint density at radius 1 is 0.775 bits per heavy atom. The van der Waals surface area contributed by atoms with Crippen LogP contribution in [-0.2, 0) is 16.6 Å². The third-order valence-corrected chi connectivity index (χ3v) is 7.23. The third-order valence-electron chi connectivity index (χ3n) is 5.89. The zero-order valence-corrected chi connectivity index (χ0v) is 21.7. The molecule has 0 spiro atoms. The summed E-state index contributed by atoms with van der Waals surface area (Å²) in [6.45, 7) is 0.344. The lowest BCUT2D eigenvalue weighted by Crippen LogP contribution is -2.30. The molecule has 4 aromatic carbocycles. The van der Waals surface area contributed by atoms with Gasteiger partial charge in [-0.15, -0.1) is 0 Å². The minimum atomic E-state index is -4.15. The Morgan fingerprint density at radius 2 is 1.45 bits per heavy atom. The van der Waals surface area contributed by atoms with Crippen LogP contribution in [0.1, 0.15) is 26.3 Å². The maximum Gasteiger partial charge on any atom is 0.349 e. The predicted molar refractivity (Wildman–Crippen MR) is 149 cm³/mol. The van der Waals surface area contributed by atoms with Crippen LogP contribution in [0, 0.1) is 0 Å². The number of carbonyl (C=O) groups excluding carboxylic acids is 2. The third kappa shape index (κ3) is 6.08. The van der Waals surface area contributed by atoms with Crippen molar-refractivity contribution in [3.63, 3.8) is 0 Å². The second kappa shape index (κ2) is 11.3. The average Bonchev–Trinajstić information content (AvgIpc) is 2.96. The molecule has 0 atom stereocenters. The molecule has 0 aliphatic rings. The molecular formula is C30H22N2O7S. The molecule has 5 aromatic rings. The molecule has 1 aromatic heterocycles. The van der Waals surface area contributed by atoms with E-state index in [1.165, 1.54) is 42.5 Å². The highest BCUT2D eigenvalue weighted by Gasteiger charge is 2.19. The van der Waals surface area contributed by atoms with Gasteiger partial charge < -0.3 is 14.5 Å². The molecule has 0 radical (unpaired) electrons. The molecule has 0 saturated heterocycles. The van der Waals surface area contributed by atoms with Gasteiger partial charge in [0.15, 0.2) is 0 Å². The van der Waals surface area contributed by atoms with Crippen LogP contribution in [0.5, 0.6) is 5.75 Å². The Labute approximate surface area is 229 Å². The lowest BCUT2D eigenvalue weighted by atomic mass is 10.1. The number of sulfonamides is 1. The Morgan fingerprint density at radius 3 is 2.15 bits per heavy atom. The van der Waals surface area contributed by atoms with Gasteiger partial charge in [0.2, 0.25) is 0 Å². The highest BCUT2D eigenvalue weighted by Crippen LogP contribution is 2.22. The molecule has 0 bridgehead atoms. The van der Waals surface area contributed by atoms with E-state index in [1.807, 2.05) is 35.1 Å². The lowest BCUT2D eigenvalue weighted by Gasteiger charge is -2.09. The summed E-state index contributed by atoms with van der Waals surface area (Å²) in [7, 11) is -4.15. The van der Waals surface area contributed by atoms with Gasteiger partial charge in [-0.2, -0.15) is 0 Å². The number of hydrogen-bond donors (Lipinski definition) is 2.